The smallest absolute Gasteiger partial charge is 0.0597 e. The van der Waals surface area contributed by atoms with Crippen molar-refractivity contribution in [3.63, 3.8) is 0 Å². The summed E-state index contributed by atoms with van der Waals surface area (Å²) in [6.07, 6.45) is 7.52. The van der Waals surface area contributed by atoms with E-state index in [1.807, 2.05) is 0 Å². The van der Waals surface area contributed by atoms with E-state index in [9.17, 15) is 0 Å². The maximum absolute atomic E-state index is 5.30. The van der Waals surface area contributed by atoms with Crippen LogP contribution >= 0.6 is 0 Å². The molecule has 1 heterocycles. The maximum atomic E-state index is 5.30. The van der Waals surface area contributed by atoms with E-state index in [0.717, 1.165) is 12.5 Å². The van der Waals surface area contributed by atoms with Crippen LogP contribution < -0.4 is 0 Å². The standard InChI is InChI=1S/C10H20O/c1-3-4-5-6-7-10-8-11-9(10)2/h9-10H,3-8H2,1-2H3. The fraction of sp³-hybridized carbons (Fsp3) is 1.00. The first-order chi connectivity index (χ1) is 5.34. The summed E-state index contributed by atoms with van der Waals surface area (Å²) >= 11 is 0. The van der Waals surface area contributed by atoms with Crippen LogP contribution in [0.4, 0.5) is 0 Å². The predicted octanol–water partition coefficient (Wildman–Crippen LogP) is 2.99. The molecule has 0 bridgehead atoms. The van der Waals surface area contributed by atoms with E-state index in [2.05, 4.69) is 13.8 Å². The summed E-state index contributed by atoms with van der Waals surface area (Å²) in [6, 6.07) is 0. The molecule has 0 aliphatic carbocycles. The molecule has 11 heavy (non-hydrogen) atoms. The first-order valence-electron chi connectivity index (χ1n) is 4.96. The van der Waals surface area contributed by atoms with Crippen molar-refractivity contribution in [3.05, 3.63) is 0 Å². The van der Waals surface area contributed by atoms with Crippen molar-refractivity contribution < 1.29 is 4.74 Å². The van der Waals surface area contributed by atoms with Gasteiger partial charge < -0.3 is 4.74 Å². The molecule has 0 amide bonds. The van der Waals surface area contributed by atoms with Gasteiger partial charge in [-0.3, -0.25) is 0 Å². The van der Waals surface area contributed by atoms with Crippen molar-refractivity contribution >= 4 is 0 Å². The predicted molar refractivity (Wildman–Crippen MR) is 47.7 cm³/mol. The molecule has 0 spiro atoms. The maximum Gasteiger partial charge on any atom is 0.0597 e. The van der Waals surface area contributed by atoms with E-state index >= 15 is 0 Å². The third-order valence-electron chi connectivity index (χ3n) is 2.67. The van der Waals surface area contributed by atoms with Gasteiger partial charge in [0.1, 0.15) is 0 Å². The monoisotopic (exact) mass is 156 g/mol. The Morgan fingerprint density at radius 3 is 2.55 bits per heavy atom. The Hall–Kier alpha value is -0.0400. The Morgan fingerprint density at radius 2 is 2.09 bits per heavy atom. The summed E-state index contributed by atoms with van der Waals surface area (Å²) in [5, 5.41) is 0. The lowest BCUT2D eigenvalue weighted by Gasteiger charge is -2.34. The third-order valence-corrected chi connectivity index (χ3v) is 2.67. The van der Waals surface area contributed by atoms with Gasteiger partial charge >= 0.3 is 0 Å². The highest BCUT2D eigenvalue weighted by Gasteiger charge is 2.26. The number of hydrogen-bond donors (Lipinski definition) is 0. The second-order valence-corrected chi connectivity index (χ2v) is 3.65. The summed E-state index contributed by atoms with van der Waals surface area (Å²) in [5.41, 5.74) is 0. The molecule has 0 N–H and O–H groups in total. The summed E-state index contributed by atoms with van der Waals surface area (Å²) in [7, 11) is 0. The average Bonchev–Trinajstić information content (AvgIpc) is 2.02. The Morgan fingerprint density at radius 1 is 1.27 bits per heavy atom. The van der Waals surface area contributed by atoms with E-state index in [1.54, 1.807) is 0 Å². The molecule has 1 aliphatic rings. The molecule has 2 atom stereocenters. The molecule has 66 valence electrons. The van der Waals surface area contributed by atoms with Crippen molar-refractivity contribution in [2.75, 3.05) is 6.61 Å². The van der Waals surface area contributed by atoms with Gasteiger partial charge in [0.25, 0.3) is 0 Å². The Kier molecular flexibility index (Phi) is 3.92. The van der Waals surface area contributed by atoms with E-state index in [0.29, 0.717) is 6.10 Å². The van der Waals surface area contributed by atoms with Crippen molar-refractivity contribution in [1.82, 2.24) is 0 Å². The number of ether oxygens (including phenoxy) is 1. The van der Waals surface area contributed by atoms with Gasteiger partial charge in [0, 0.05) is 5.92 Å². The van der Waals surface area contributed by atoms with Crippen molar-refractivity contribution in [3.8, 4) is 0 Å². The van der Waals surface area contributed by atoms with Crippen molar-refractivity contribution in [2.24, 2.45) is 5.92 Å². The first kappa shape index (κ1) is 9.05. The minimum atomic E-state index is 0.552. The number of hydrogen-bond acceptors (Lipinski definition) is 1. The van der Waals surface area contributed by atoms with Crippen LogP contribution in [0.1, 0.15) is 46.0 Å². The van der Waals surface area contributed by atoms with Gasteiger partial charge in [-0.05, 0) is 13.3 Å². The van der Waals surface area contributed by atoms with E-state index < -0.39 is 0 Å². The lowest BCUT2D eigenvalue weighted by atomic mass is 9.93. The Labute approximate surface area is 70.1 Å². The molecule has 0 aromatic heterocycles. The highest BCUT2D eigenvalue weighted by Crippen LogP contribution is 2.25. The lowest BCUT2D eigenvalue weighted by molar-refractivity contribution is -0.106. The molecular weight excluding hydrogens is 136 g/mol. The van der Waals surface area contributed by atoms with E-state index in [4.69, 9.17) is 4.74 Å². The van der Waals surface area contributed by atoms with Crippen LogP contribution in [-0.2, 0) is 4.74 Å². The number of rotatable bonds is 5. The van der Waals surface area contributed by atoms with Crippen LogP contribution in [0.3, 0.4) is 0 Å². The van der Waals surface area contributed by atoms with Gasteiger partial charge in [0.05, 0.1) is 12.7 Å². The zero-order chi connectivity index (χ0) is 8.10. The third kappa shape index (κ3) is 2.82. The minimum absolute atomic E-state index is 0.552. The molecular formula is C10H20O. The zero-order valence-electron chi connectivity index (χ0n) is 7.81. The molecule has 1 fully saturated rings. The van der Waals surface area contributed by atoms with Gasteiger partial charge in [-0.25, -0.2) is 0 Å². The second-order valence-electron chi connectivity index (χ2n) is 3.65. The highest BCUT2D eigenvalue weighted by atomic mass is 16.5. The molecule has 1 rings (SSSR count). The summed E-state index contributed by atoms with van der Waals surface area (Å²) in [6.45, 7) is 5.47. The van der Waals surface area contributed by atoms with Crippen LogP contribution in [0.15, 0.2) is 0 Å². The van der Waals surface area contributed by atoms with Gasteiger partial charge in [-0.1, -0.05) is 32.6 Å². The van der Waals surface area contributed by atoms with E-state index in [1.165, 1.54) is 32.1 Å². The van der Waals surface area contributed by atoms with Crippen LogP contribution in [-0.4, -0.2) is 12.7 Å². The molecule has 0 radical (unpaired) electrons. The average molecular weight is 156 g/mol. The largest absolute Gasteiger partial charge is 0.378 e. The van der Waals surface area contributed by atoms with Crippen LogP contribution in [0.25, 0.3) is 0 Å². The van der Waals surface area contributed by atoms with E-state index in [-0.39, 0.29) is 0 Å². The summed E-state index contributed by atoms with van der Waals surface area (Å²) < 4.78 is 5.30. The van der Waals surface area contributed by atoms with Gasteiger partial charge in [0.15, 0.2) is 0 Å². The minimum Gasteiger partial charge on any atom is -0.378 e. The summed E-state index contributed by atoms with van der Waals surface area (Å²) in [4.78, 5) is 0. The fourth-order valence-corrected chi connectivity index (χ4v) is 1.58. The van der Waals surface area contributed by atoms with Crippen LogP contribution in [0.2, 0.25) is 0 Å². The van der Waals surface area contributed by atoms with Gasteiger partial charge in [-0.15, -0.1) is 0 Å². The topological polar surface area (TPSA) is 9.23 Å². The SMILES string of the molecule is CCCCCCC1COC1C. The molecule has 0 aromatic carbocycles. The first-order valence-corrected chi connectivity index (χ1v) is 4.96. The normalized spacial score (nSPS) is 30.0. The van der Waals surface area contributed by atoms with Crippen molar-refractivity contribution in [2.45, 2.75) is 52.1 Å². The van der Waals surface area contributed by atoms with Gasteiger partial charge in [0.2, 0.25) is 0 Å². The molecule has 1 aliphatic heterocycles. The quantitative estimate of drug-likeness (QED) is 0.556. The lowest BCUT2D eigenvalue weighted by Crippen LogP contribution is -2.36. The Balaban J connectivity index is 1.87. The summed E-state index contributed by atoms with van der Waals surface area (Å²) in [5.74, 6) is 0.881. The van der Waals surface area contributed by atoms with Crippen LogP contribution in [0, 0.1) is 5.92 Å². The molecule has 0 aromatic rings. The van der Waals surface area contributed by atoms with Crippen LogP contribution in [0.5, 0.6) is 0 Å². The van der Waals surface area contributed by atoms with Gasteiger partial charge in [-0.2, -0.15) is 0 Å². The second kappa shape index (κ2) is 4.76. The molecule has 1 nitrogen and oxygen atoms in total. The molecule has 0 saturated carbocycles. The fourth-order valence-electron chi connectivity index (χ4n) is 1.58. The molecule has 1 heteroatoms. The van der Waals surface area contributed by atoms with Crippen molar-refractivity contribution in [1.29, 1.82) is 0 Å². The number of unbranched alkanes of at least 4 members (excludes halogenated alkanes) is 3. The Bertz CT molecular complexity index is 101. The zero-order valence-corrected chi connectivity index (χ0v) is 7.81. The molecule has 2 unspecified atom stereocenters. The highest BCUT2D eigenvalue weighted by molar-refractivity contribution is 4.74. The molecule has 1 saturated heterocycles.